The van der Waals surface area contributed by atoms with Gasteiger partial charge in [0.05, 0.1) is 6.54 Å². The maximum Gasteiger partial charge on any atom is 0.263 e. The first-order valence-corrected chi connectivity index (χ1v) is 7.48. The van der Waals surface area contributed by atoms with Gasteiger partial charge in [-0.05, 0) is 30.7 Å². The van der Waals surface area contributed by atoms with Crippen molar-refractivity contribution in [2.45, 2.75) is 13.5 Å². The molecule has 0 saturated carbocycles. The molecule has 2 aromatic heterocycles. The number of carbonyl (C=O) groups excluding carboxylic acids is 1. The third-order valence-corrected chi connectivity index (χ3v) is 3.48. The molecule has 1 N–H and O–H groups in total. The Labute approximate surface area is 138 Å². The fraction of sp³-hybridized carbons (Fsp3) is 0.111. The van der Waals surface area contributed by atoms with E-state index in [1.54, 1.807) is 31.5 Å². The van der Waals surface area contributed by atoms with Crippen LogP contribution >= 0.6 is 0 Å². The summed E-state index contributed by atoms with van der Waals surface area (Å²) in [5, 5.41) is 2.56. The second-order valence-electron chi connectivity index (χ2n) is 5.32. The molecule has 0 fully saturated rings. The molecule has 0 aliphatic heterocycles. The van der Waals surface area contributed by atoms with Gasteiger partial charge in [0.15, 0.2) is 0 Å². The van der Waals surface area contributed by atoms with E-state index >= 15 is 0 Å². The van der Waals surface area contributed by atoms with Crippen molar-refractivity contribution < 1.29 is 4.79 Å². The van der Waals surface area contributed by atoms with Crippen LogP contribution in [-0.2, 0) is 6.54 Å². The van der Waals surface area contributed by atoms with Crippen LogP contribution in [0.3, 0.4) is 0 Å². The molecule has 1 aromatic carbocycles. The number of nitrogens with zero attached hydrogens (tertiary/aromatic N) is 3. The van der Waals surface area contributed by atoms with Gasteiger partial charge in [-0.2, -0.15) is 0 Å². The van der Waals surface area contributed by atoms with Gasteiger partial charge in [-0.25, -0.2) is 9.97 Å². The van der Waals surface area contributed by atoms with Crippen molar-refractivity contribution in [3.05, 3.63) is 88.1 Å². The zero-order chi connectivity index (χ0) is 16.9. The third kappa shape index (κ3) is 3.55. The van der Waals surface area contributed by atoms with Crippen molar-refractivity contribution in [1.82, 2.24) is 14.5 Å². The normalized spacial score (nSPS) is 10.4. The Balaban J connectivity index is 1.85. The van der Waals surface area contributed by atoms with Gasteiger partial charge in [0.2, 0.25) is 5.95 Å². The van der Waals surface area contributed by atoms with Crippen LogP contribution in [0.25, 0.3) is 0 Å². The summed E-state index contributed by atoms with van der Waals surface area (Å²) in [6, 6.07) is 14.5. The number of pyridine rings is 1. The molecule has 6 nitrogen and oxygen atoms in total. The molecule has 0 aliphatic carbocycles. The van der Waals surface area contributed by atoms with Crippen LogP contribution in [0.1, 0.15) is 21.6 Å². The standard InChI is InChI=1S/C18H16N4O2/c1-13-9-10-19-18(20-13)21-16(23)15-8-5-11-22(17(15)24)12-14-6-3-2-4-7-14/h2-11H,12H2,1H3,(H,19,20,21,23). The number of aromatic nitrogens is 3. The highest BCUT2D eigenvalue weighted by Gasteiger charge is 2.13. The van der Waals surface area contributed by atoms with E-state index in [-0.39, 0.29) is 17.1 Å². The first kappa shape index (κ1) is 15.6. The molecule has 0 spiro atoms. The number of hydrogen-bond donors (Lipinski definition) is 1. The number of aryl methyl sites for hydroxylation is 1. The maximum absolute atomic E-state index is 12.5. The van der Waals surface area contributed by atoms with Gasteiger partial charge in [0.25, 0.3) is 11.5 Å². The van der Waals surface area contributed by atoms with Crippen LogP contribution in [-0.4, -0.2) is 20.4 Å². The average molecular weight is 320 g/mol. The number of nitrogens with one attached hydrogen (secondary N) is 1. The highest BCUT2D eigenvalue weighted by molar-refractivity contribution is 6.03. The number of hydrogen-bond acceptors (Lipinski definition) is 4. The lowest BCUT2D eigenvalue weighted by atomic mass is 10.2. The first-order valence-electron chi connectivity index (χ1n) is 7.48. The Morgan fingerprint density at radius 1 is 1.12 bits per heavy atom. The summed E-state index contributed by atoms with van der Waals surface area (Å²) >= 11 is 0. The van der Waals surface area contributed by atoms with E-state index in [9.17, 15) is 9.59 Å². The predicted octanol–water partition coefficient (Wildman–Crippen LogP) is 2.25. The van der Waals surface area contributed by atoms with Crippen molar-refractivity contribution >= 4 is 11.9 Å². The largest absolute Gasteiger partial charge is 0.310 e. The second kappa shape index (κ2) is 6.87. The number of rotatable bonds is 4. The summed E-state index contributed by atoms with van der Waals surface area (Å²) in [7, 11) is 0. The Morgan fingerprint density at radius 2 is 1.92 bits per heavy atom. The summed E-state index contributed by atoms with van der Waals surface area (Å²) in [6.07, 6.45) is 3.21. The van der Waals surface area contributed by atoms with Gasteiger partial charge in [0, 0.05) is 18.1 Å². The molecule has 6 heteroatoms. The topological polar surface area (TPSA) is 76.9 Å². The summed E-state index contributed by atoms with van der Waals surface area (Å²) < 4.78 is 1.50. The van der Waals surface area contributed by atoms with E-state index in [0.717, 1.165) is 11.3 Å². The van der Waals surface area contributed by atoms with Crippen molar-refractivity contribution in [1.29, 1.82) is 0 Å². The van der Waals surface area contributed by atoms with Crippen LogP contribution in [0.5, 0.6) is 0 Å². The van der Waals surface area contributed by atoms with Crippen LogP contribution < -0.4 is 10.9 Å². The van der Waals surface area contributed by atoms with Gasteiger partial charge in [-0.3, -0.25) is 14.9 Å². The Hall–Kier alpha value is -3.28. The van der Waals surface area contributed by atoms with E-state index in [2.05, 4.69) is 15.3 Å². The van der Waals surface area contributed by atoms with E-state index in [0.29, 0.717) is 6.54 Å². The molecular formula is C18H16N4O2. The summed E-state index contributed by atoms with van der Waals surface area (Å²) in [4.78, 5) is 33.0. The lowest BCUT2D eigenvalue weighted by Crippen LogP contribution is -2.29. The van der Waals surface area contributed by atoms with E-state index in [1.165, 1.54) is 10.6 Å². The number of anilines is 1. The zero-order valence-corrected chi connectivity index (χ0v) is 13.1. The van der Waals surface area contributed by atoms with Gasteiger partial charge in [-0.1, -0.05) is 30.3 Å². The summed E-state index contributed by atoms with van der Waals surface area (Å²) in [6.45, 7) is 2.20. The molecule has 120 valence electrons. The van der Waals surface area contributed by atoms with Crippen molar-refractivity contribution in [3.8, 4) is 0 Å². The first-order chi connectivity index (χ1) is 11.6. The molecule has 0 atom stereocenters. The van der Waals surface area contributed by atoms with Crippen LogP contribution in [0.2, 0.25) is 0 Å². The molecule has 0 bridgehead atoms. The minimum Gasteiger partial charge on any atom is -0.310 e. The van der Waals surface area contributed by atoms with Gasteiger partial charge >= 0.3 is 0 Å². The number of carbonyl (C=O) groups is 1. The highest BCUT2D eigenvalue weighted by atomic mass is 16.2. The van der Waals surface area contributed by atoms with Crippen molar-refractivity contribution in [3.63, 3.8) is 0 Å². The SMILES string of the molecule is Cc1ccnc(NC(=O)c2cccn(Cc3ccccc3)c2=O)n1. The Bertz CT molecular complexity index is 920. The van der Waals surface area contributed by atoms with Gasteiger partial charge < -0.3 is 4.57 Å². The molecule has 2 heterocycles. The molecule has 1 amide bonds. The Kier molecular flexibility index (Phi) is 4.47. The molecule has 3 aromatic rings. The smallest absolute Gasteiger partial charge is 0.263 e. The minimum absolute atomic E-state index is 0.0542. The van der Waals surface area contributed by atoms with Crippen molar-refractivity contribution in [2.75, 3.05) is 5.32 Å². The lowest BCUT2D eigenvalue weighted by Gasteiger charge is -2.08. The molecule has 24 heavy (non-hydrogen) atoms. The van der Waals surface area contributed by atoms with Crippen LogP contribution in [0.15, 0.2) is 65.7 Å². The van der Waals surface area contributed by atoms with E-state index in [1.807, 2.05) is 30.3 Å². The minimum atomic E-state index is -0.520. The van der Waals surface area contributed by atoms with Crippen molar-refractivity contribution in [2.24, 2.45) is 0 Å². The highest BCUT2D eigenvalue weighted by Crippen LogP contribution is 2.04. The zero-order valence-electron chi connectivity index (χ0n) is 13.1. The van der Waals surface area contributed by atoms with Crippen LogP contribution in [0, 0.1) is 6.92 Å². The molecule has 0 unspecified atom stereocenters. The molecule has 0 aliphatic rings. The molecule has 0 saturated heterocycles. The third-order valence-electron chi connectivity index (χ3n) is 3.48. The molecule has 3 rings (SSSR count). The number of amides is 1. The quantitative estimate of drug-likeness (QED) is 0.800. The molecule has 0 radical (unpaired) electrons. The summed E-state index contributed by atoms with van der Waals surface area (Å²) in [5.74, 6) is -0.342. The summed E-state index contributed by atoms with van der Waals surface area (Å²) in [5.41, 5.74) is 1.42. The number of benzene rings is 1. The predicted molar refractivity (Wildman–Crippen MR) is 91.0 cm³/mol. The fourth-order valence-electron chi connectivity index (χ4n) is 2.29. The Morgan fingerprint density at radius 3 is 2.67 bits per heavy atom. The monoisotopic (exact) mass is 320 g/mol. The van der Waals surface area contributed by atoms with Crippen LogP contribution in [0.4, 0.5) is 5.95 Å². The van der Waals surface area contributed by atoms with Gasteiger partial charge in [0.1, 0.15) is 5.56 Å². The molecular weight excluding hydrogens is 304 g/mol. The van der Waals surface area contributed by atoms with Gasteiger partial charge in [-0.15, -0.1) is 0 Å². The average Bonchev–Trinajstić information content (AvgIpc) is 2.57. The fourth-order valence-corrected chi connectivity index (χ4v) is 2.29. The van der Waals surface area contributed by atoms with E-state index < -0.39 is 5.91 Å². The second-order valence-corrected chi connectivity index (χ2v) is 5.32. The lowest BCUT2D eigenvalue weighted by molar-refractivity contribution is 0.102. The van der Waals surface area contributed by atoms with E-state index in [4.69, 9.17) is 0 Å². The maximum atomic E-state index is 12.5.